The molecule has 1 heterocycles. The fraction of sp³-hybridized carbons (Fsp3) is 0.269. The van der Waals surface area contributed by atoms with Crippen molar-refractivity contribution in [3.63, 3.8) is 0 Å². The highest BCUT2D eigenvalue weighted by molar-refractivity contribution is 6.01. The Morgan fingerprint density at radius 1 is 0.938 bits per heavy atom. The Hall–Kier alpha value is -3.12. The van der Waals surface area contributed by atoms with Crippen LogP contribution in [0.3, 0.4) is 0 Å². The van der Waals surface area contributed by atoms with Crippen molar-refractivity contribution in [2.75, 3.05) is 20.6 Å². The summed E-state index contributed by atoms with van der Waals surface area (Å²) in [4.78, 5) is 15.3. The second-order valence-corrected chi connectivity index (χ2v) is 8.49. The van der Waals surface area contributed by atoms with E-state index in [0.717, 1.165) is 16.5 Å². The van der Waals surface area contributed by atoms with Gasteiger partial charge in [0.15, 0.2) is 0 Å². The van der Waals surface area contributed by atoms with Crippen LogP contribution in [0.2, 0.25) is 0 Å². The molecule has 0 N–H and O–H groups in total. The molecule has 0 saturated heterocycles. The highest BCUT2D eigenvalue weighted by Gasteiger charge is 2.38. The van der Waals surface area contributed by atoms with E-state index in [9.17, 15) is 18.0 Å². The van der Waals surface area contributed by atoms with Gasteiger partial charge in [0.05, 0.1) is 16.6 Å². The van der Waals surface area contributed by atoms with Crippen molar-refractivity contribution in [2.45, 2.75) is 19.5 Å². The van der Waals surface area contributed by atoms with Crippen LogP contribution in [0.25, 0.3) is 32.8 Å². The second-order valence-electron chi connectivity index (χ2n) is 8.49. The minimum atomic E-state index is -4.69. The number of benzene rings is 3. The molecule has 0 atom stereocenters. The molecule has 0 saturated carbocycles. The lowest BCUT2D eigenvalue weighted by molar-refractivity contribution is -0.135. The Morgan fingerprint density at radius 2 is 1.62 bits per heavy atom. The molecule has 166 valence electrons. The Balaban J connectivity index is 2.13. The molecule has 4 rings (SSSR count). The molecule has 0 aliphatic carbocycles. The van der Waals surface area contributed by atoms with Gasteiger partial charge in [0, 0.05) is 19.0 Å². The van der Waals surface area contributed by atoms with Gasteiger partial charge in [-0.1, -0.05) is 42.5 Å². The molecule has 6 heteroatoms. The summed E-state index contributed by atoms with van der Waals surface area (Å²) < 4.78 is 45.0. The van der Waals surface area contributed by atoms with Crippen LogP contribution in [0.15, 0.2) is 59.4 Å². The lowest BCUT2D eigenvalue weighted by Crippen LogP contribution is -2.25. The largest absolute Gasteiger partial charge is 0.417 e. The number of rotatable bonds is 4. The number of hydrogen-bond donors (Lipinski definition) is 0. The van der Waals surface area contributed by atoms with Crippen molar-refractivity contribution in [1.29, 1.82) is 0 Å². The Kier molecular flexibility index (Phi) is 5.59. The maximum Gasteiger partial charge on any atom is 0.417 e. The van der Waals surface area contributed by atoms with E-state index in [4.69, 9.17) is 0 Å². The van der Waals surface area contributed by atoms with Crippen LogP contribution in [-0.4, -0.2) is 30.1 Å². The monoisotopic (exact) mass is 438 g/mol. The maximum absolute atomic E-state index is 14.5. The van der Waals surface area contributed by atoms with E-state index in [1.165, 1.54) is 11.6 Å². The van der Waals surface area contributed by atoms with Gasteiger partial charge < -0.3 is 9.47 Å². The molecule has 0 aliphatic rings. The first-order valence-corrected chi connectivity index (χ1v) is 10.5. The van der Waals surface area contributed by atoms with Gasteiger partial charge in [0.25, 0.3) is 5.56 Å². The number of aryl methyl sites for hydroxylation is 2. The number of hydrogen-bond acceptors (Lipinski definition) is 2. The van der Waals surface area contributed by atoms with Crippen LogP contribution in [0, 0.1) is 6.92 Å². The van der Waals surface area contributed by atoms with Crippen molar-refractivity contribution < 1.29 is 13.2 Å². The van der Waals surface area contributed by atoms with Crippen LogP contribution >= 0.6 is 0 Å². The number of pyridine rings is 1. The van der Waals surface area contributed by atoms with Crippen LogP contribution in [0.4, 0.5) is 13.2 Å². The number of likely N-dealkylation sites (N-methyl/N-ethyl adjacent to an activating group) is 1. The highest BCUT2D eigenvalue weighted by atomic mass is 19.4. The van der Waals surface area contributed by atoms with Crippen LogP contribution in [0.5, 0.6) is 0 Å². The average Bonchev–Trinajstić information content (AvgIpc) is 2.73. The SMILES string of the molecule is Cc1cccc2c(-c3c(C(F)(F)F)c4cc(CCN(C)C)ccc4n(C)c3=O)cccc12. The van der Waals surface area contributed by atoms with Gasteiger partial charge in [0.1, 0.15) is 0 Å². The minimum absolute atomic E-state index is 0.0514. The summed E-state index contributed by atoms with van der Waals surface area (Å²) >= 11 is 0. The van der Waals surface area contributed by atoms with Crippen molar-refractivity contribution in [3.05, 3.63) is 81.6 Å². The highest BCUT2D eigenvalue weighted by Crippen LogP contribution is 2.42. The first kappa shape index (κ1) is 22.1. The van der Waals surface area contributed by atoms with E-state index in [1.807, 2.05) is 38.1 Å². The fourth-order valence-electron chi connectivity index (χ4n) is 4.33. The maximum atomic E-state index is 14.5. The second kappa shape index (κ2) is 8.10. The molecular formula is C26H25F3N2O. The van der Waals surface area contributed by atoms with Crippen molar-refractivity contribution in [3.8, 4) is 11.1 Å². The quantitative estimate of drug-likeness (QED) is 0.403. The summed E-state index contributed by atoms with van der Waals surface area (Å²) in [7, 11) is 5.38. The lowest BCUT2D eigenvalue weighted by Gasteiger charge is -2.20. The normalized spacial score (nSPS) is 12.2. The van der Waals surface area contributed by atoms with Gasteiger partial charge in [-0.05, 0) is 67.0 Å². The molecule has 3 nitrogen and oxygen atoms in total. The van der Waals surface area contributed by atoms with E-state index >= 15 is 0 Å². The topological polar surface area (TPSA) is 25.2 Å². The molecule has 0 unspecified atom stereocenters. The van der Waals surface area contributed by atoms with Gasteiger partial charge >= 0.3 is 6.18 Å². The molecule has 0 spiro atoms. The van der Waals surface area contributed by atoms with E-state index in [1.54, 1.807) is 42.5 Å². The summed E-state index contributed by atoms with van der Waals surface area (Å²) in [6.07, 6.45) is -4.07. The van der Waals surface area contributed by atoms with E-state index in [0.29, 0.717) is 23.9 Å². The summed E-state index contributed by atoms with van der Waals surface area (Å²) in [6.45, 7) is 2.63. The van der Waals surface area contributed by atoms with Crippen LogP contribution in [0.1, 0.15) is 16.7 Å². The van der Waals surface area contributed by atoms with Crippen molar-refractivity contribution >= 4 is 21.7 Å². The van der Waals surface area contributed by atoms with Gasteiger partial charge in [0.2, 0.25) is 0 Å². The number of halogens is 3. The Labute approximate surface area is 184 Å². The number of aromatic nitrogens is 1. The molecule has 3 aromatic carbocycles. The minimum Gasteiger partial charge on any atom is -0.311 e. The van der Waals surface area contributed by atoms with E-state index in [2.05, 4.69) is 0 Å². The van der Waals surface area contributed by atoms with E-state index < -0.39 is 17.3 Å². The molecule has 4 aromatic rings. The first-order chi connectivity index (χ1) is 15.1. The molecule has 0 radical (unpaired) electrons. The van der Waals surface area contributed by atoms with Gasteiger partial charge in [-0.2, -0.15) is 13.2 Å². The van der Waals surface area contributed by atoms with Crippen LogP contribution in [-0.2, 0) is 19.6 Å². The summed E-state index contributed by atoms with van der Waals surface area (Å²) in [6, 6.07) is 15.7. The third kappa shape index (κ3) is 3.79. The van der Waals surface area contributed by atoms with E-state index in [-0.39, 0.29) is 16.5 Å². The van der Waals surface area contributed by atoms with Crippen molar-refractivity contribution in [1.82, 2.24) is 9.47 Å². The zero-order chi connectivity index (χ0) is 23.2. The standard InChI is InChI=1S/C26H25F3N2O/c1-16-7-5-9-19-18(16)8-6-10-20(19)23-24(26(27,28)29)21-15-17(13-14-30(2)3)11-12-22(21)31(4)25(23)32/h5-12,15H,13-14H2,1-4H3. The van der Waals surface area contributed by atoms with Crippen LogP contribution < -0.4 is 5.56 Å². The smallest absolute Gasteiger partial charge is 0.311 e. The van der Waals surface area contributed by atoms with Gasteiger partial charge in [-0.25, -0.2) is 0 Å². The average molecular weight is 438 g/mol. The third-order valence-electron chi connectivity index (χ3n) is 6.00. The Morgan fingerprint density at radius 3 is 2.31 bits per heavy atom. The number of fused-ring (bicyclic) bond motifs is 2. The molecule has 32 heavy (non-hydrogen) atoms. The number of nitrogens with zero attached hydrogens (tertiary/aromatic N) is 2. The summed E-state index contributed by atoms with van der Waals surface area (Å²) in [5.74, 6) is 0. The molecular weight excluding hydrogens is 413 g/mol. The fourth-order valence-corrected chi connectivity index (χ4v) is 4.33. The zero-order valence-corrected chi connectivity index (χ0v) is 18.5. The Bertz CT molecular complexity index is 1380. The molecule has 0 amide bonds. The molecule has 1 aromatic heterocycles. The molecule has 0 fully saturated rings. The summed E-state index contributed by atoms with van der Waals surface area (Å²) in [5, 5.41) is 1.52. The summed E-state index contributed by atoms with van der Waals surface area (Å²) in [5.41, 5.74) is 0.511. The van der Waals surface area contributed by atoms with Crippen molar-refractivity contribution in [2.24, 2.45) is 7.05 Å². The lowest BCUT2D eigenvalue weighted by atomic mass is 9.91. The van der Waals surface area contributed by atoms with Gasteiger partial charge in [-0.3, -0.25) is 4.79 Å². The zero-order valence-electron chi connectivity index (χ0n) is 18.5. The number of alkyl halides is 3. The first-order valence-electron chi connectivity index (χ1n) is 10.5. The molecule has 0 aliphatic heterocycles. The van der Waals surface area contributed by atoms with Gasteiger partial charge in [-0.15, -0.1) is 0 Å². The molecule has 0 bridgehead atoms. The predicted octanol–water partition coefficient (Wildman–Crippen LogP) is 5.79. The third-order valence-corrected chi connectivity index (χ3v) is 6.00. The predicted molar refractivity (Wildman–Crippen MR) is 124 cm³/mol.